The molecule has 128 valence electrons. The van der Waals surface area contributed by atoms with E-state index in [0.717, 1.165) is 17.1 Å². The molecule has 1 aliphatic rings. The van der Waals surface area contributed by atoms with Gasteiger partial charge >= 0.3 is 6.03 Å². The van der Waals surface area contributed by atoms with Gasteiger partial charge in [0.15, 0.2) is 11.5 Å². The minimum absolute atomic E-state index is 0.00872. The van der Waals surface area contributed by atoms with E-state index in [1.807, 2.05) is 35.9 Å². The number of nitrogens with one attached hydrogen (secondary N) is 1. The van der Waals surface area contributed by atoms with E-state index in [4.69, 9.17) is 9.47 Å². The molecule has 0 radical (unpaired) electrons. The van der Waals surface area contributed by atoms with Gasteiger partial charge in [0.1, 0.15) is 13.2 Å². The Kier molecular flexibility index (Phi) is 4.88. The summed E-state index contributed by atoms with van der Waals surface area (Å²) in [6, 6.07) is 5.66. The van der Waals surface area contributed by atoms with Crippen molar-refractivity contribution in [3.8, 4) is 11.5 Å². The number of carbonyl (C=O) groups is 1. The molecular formula is C17H22N4O3. The van der Waals surface area contributed by atoms with E-state index in [1.54, 1.807) is 24.5 Å². The average Bonchev–Trinajstić information content (AvgIpc) is 3.07. The first-order valence-electron chi connectivity index (χ1n) is 7.97. The third kappa shape index (κ3) is 3.98. The number of nitrogens with zero attached hydrogens (tertiary/aromatic N) is 3. The summed E-state index contributed by atoms with van der Waals surface area (Å²) in [5.74, 6) is 1.49. The van der Waals surface area contributed by atoms with Crippen LogP contribution in [-0.2, 0) is 13.1 Å². The number of aromatic nitrogens is 2. The second kappa shape index (κ2) is 7.25. The molecule has 1 aliphatic heterocycles. The number of ether oxygens (including phenoxy) is 2. The van der Waals surface area contributed by atoms with Crippen molar-refractivity contribution < 1.29 is 14.3 Å². The lowest BCUT2D eigenvalue weighted by Crippen LogP contribution is -2.43. The number of benzene rings is 1. The van der Waals surface area contributed by atoms with Gasteiger partial charge in [0.2, 0.25) is 0 Å². The molecule has 2 heterocycles. The van der Waals surface area contributed by atoms with Crippen molar-refractivity contribution >= 4 is 6.03 Å². The summed E-state index contributed by atoms with van der Waals surface area (Å²) < 4.78 is 13.0. The Bertz CT molecular complexity index is 687. The fraction of sp³-hybridized carbons (Fsp3) is 0.412. The molecule has 0 bridgehead atoms. The van der Waals surface area contributed by atoms with Crippen LogP contribution in [0.1, 0.15) is 12.5 Å². The molecule has 1 aromatic carbocycles. The Morgan fingerprint density at radius 2 is 2.17 bits per heavy atom. The van der Waals surface area contributed by atoms with Gasteiger partial charge in [0, 0.05) is 38.6 Å². The first-order valence-corrected chi connectivity index (χ1v) is 7.97. The lowest BCUT2D eigenvalue weighted by atomic mass is 10.2. The number of imidazole rings is 1. The smallest absolute Gasteiger partial charge is 0.317 e. The van der Waals surface area contributed by atoms with Crippen LogP contribution in [0.15, 0.2) is 36.9 Å². The minimum Gasteiger partial charge on any atom is -0.486 e. The summed E-state index contributed by atoms with van der Waals surface area (Å²) in [5.41, 5.74) is 0.999. The first-order chi connectivity index (χ1) is 11.6. The van der Waals surface area contributed by atoms with Crippen LogP contribution in [0.4, 0.5) is 4.79 Å². The van der Waals surface area contributed by atoms with Crippen molar-refractivity contribution in [3.63, 3.8) is 0 Å². The van der Waals surface area contributed by atoms with Gasteiger partial charge in [0.25, 0.3) is 0 Å². The van der Waals surface area contributed by atoms with Crippen molar-refractivity contribution in [2.24, 2.45) is 0 Å². The van der Waals surface area contributed by atoms with Crippen LogP contribution in [0, 0.1) is 0 Å². The highest BCUT2D eigenvalue weighted by molar-refractivity contribution is 5.74. The lowest BCUT2D eigenvalue weighted by molar-refractivity contribution is 0.171. The summed E-state index contributed by atoms with van der Waals surface area (Å²) in [6.45, 7) is 4.28. The van der Waals surface area contributed by atoms with E-state index in [9.17, 15) is 4.79 Å². The SMILES string of the molecule is CC(Cn1ccnc1)NC(=O)N(C)Cc1ccc2c(c1)OCCO2. The highest BCUT2D eigenvalue weighted by Gasteiger charge is 2.15. The third-order valence-corrected chi connectivity index (χ3v) is 3.79. The molecule has 1 unspecified atom stereocenters. The fourth-order valence-corrected chi connectivity index (χ4v) is 2.61. The molecule has 0 spiro atoms. The molecule has 2 aromatic rings. The predicted octanol–water partition coefficient (Wildman–Crippen LogP) is 1.88. The Hall–Kier alpha value is -2.70. The maximum absolute atomic E-state index is 12.3. The van der Waals surface area contributed by atoms with Crippen molar-refractivity contribution in [1.29, 1.82) is 0 Å². The molecule has 0 saturated carbocycles. The molecule has 0 saturated heterocycles. The van der Waals surface area contributed by atoms with Crippen molar-refractivity contribution in [1.82, 2.24) is 19.8 Å². The van der Waals surface area contributed by atoms with Gasteiger partial charge in [-0.05, 0) is 24.6 Å². The summed E-state index contributed by atoms with van der Waals surface area (Å²) >= 11 is 0. The van der Waals surface area contributed by atoms with Crippen molar-refractivity contribution in [3.05, 3.63) is 42.5 Å². The standard InChI is InChI=1S/C17H22N4O3/c1-13(10-21-6-5-18-12-21)19-17(22)20(2)11-14-3-4-15-16(9-14)24-8-7-23-15/h3-6,9,12-13H,7-8,10-11H2,1-2H3,(H,19,22). The van der Waals surface area contributed by atoms with Gasteiger partial charge in [0.05, 0.1) is 6.33 Å². The van der Waals surface area contributed by atoms with E-state index < -0.39 is 0 Å². The second-order valence-corrected chi connectivity index (χ2v) is 5.94. The van der Waals surface area contributed by atoms with Crippen LogP contribution >= 0.6 is 0 Å². The maximum Gasteiger partial charge on any atom is 0.317 e. The molecule has 0 aliphatic carbocycles. The highest BCUT2D eigenvalue weighted by Crippen LogP contribution is 2.30. The van der Waals surface area contributed by atoms with E-state index in [1.165, 1.54) is 0 Å². The number of fused-ring (bicyclic) bond motifs is 1. The topological polar surface area (TPSA) is 68.6 Å². The van der Waals surface area contributed by atoms with Crippen molar-refractivity contribution in [2.75, 3.05) is 20.3 Å². The third-order valence-electron chi connectivity index (χ3n) is 3.79. The number of hydrogen-bond acceptors (Lipinski definition) is 4. The van der Waals surface area contributed by atoms with E-state index in [-0.39, 0.29) is 12.1 Å². The number of carbonyl (C=O) groups excluding carboxylic acids is 1. The quantitative estimate of drug-likeness (QED) is 0.909. The second-order valence-electron chi connectivity index (χ2n) is 5.94. The summed E-state index contributed by atoms with van der Waals surface area (Å²) in [6.07, 6.45) is 5.34. The van der Waals surface area contributed by atoms with Crippen LogP contribution in [-0.4, -0.2) is 46.8 Å². The van der Waals surface area contributed by atoms with Crippen LogP contribution < -0.4 is 14.8 Å². The Balaban J connectivity index is 1.54. The van der Waals surface area contributed by atoms with Gasteiger partial charge in [-0.2, -0.15) is 0 Å². The number of urea groups is 1. The van der Waals surface area contributed by atoms with Gasteiger partial charge in [-0.15, -0.1) is 0 Å². The van der Waals surface area contributed by atoms with Crippen LogP contribution in [0.5, 0.6) is 11.5 Å². The Morgan fingerprint density at radius 1 is 1.38 bits per heavy atom. The van der Waals surface area contributed by atoms with Crippen molar-refractivity contribution in [2.45, 2.75) is 26.1 Å². The summed E-state index contributed by atoms with van der Waals surface area (Å²) in [4.78, 5) is 18.0. The fourth-order valence-electron chi connectivity index (χ4n) is 2.61. The molecule has 1 aromatic heterocycles. The van der Waals surface area contributed by atoms with Gasteiger partial charge in [-0.25, -0.2) is 9.78 Å². The monoisotopic (exact) mass is 330 g/mol. The molecule has 2 amide bonds. The van der Waals surface area contributed by atoms with Gasteiger partial charge in [-0.3, -0.25) is 0 Å². The minimum atomic E-state index is -0.113. The van der Waals surface area contributed by atoms with Gasteiger partial charge < -0.3 is 24.3 Å². The Morgan fingerprint density at radius 3 is 2.92 bits per heavy atom. The summed E-state index contributed by atoms with van der Waals surface area (Å²) in [5, 5.41) is 2.98. The largest absolute Gasteiger partial charge is 0.486 e. The number of rotatable bonds is 5. The molecule has 3 rings (SSSR count). The predicted molar refractivity (Wildman–Crippen MR) is 89.1 cm³/mol. The number of hydrogen-bond donors (Lipinski definition) is 1. The molecule has 24 heavy (non-hydrogen) atoms. The maximum atomic E-state index is 12.3. The lowest BCUT2D eigenvalue weighted by Gasteiger charge is -2.23. The molecule has 7 nitrogen and oxygen atoms in total. The first kappa shape index (κ1) is 16.2. The summed E-state index contributed by atoms with van der Waals surface area (Å²) in [7, 11) is 1.77. The molecule has 1 N–H and O–H groups in total. The molecule has 0 fully saturated rings. The normalized spacial score (nSPS) is 14.1. The van der Waals surface area contributed by atoms with E-state index >= 15 is 0 Å². The zero-order valence-corrected chi connectivity index (χ0v) is 13.9. The highest BCUT2D eigenvalue weighted by atomic mass is 16.6. The van der Waals surface area contributed by atoms with E-state index in [2.05, 4.69) is 10.3 Å². The van der Waals surface area contributed by atoms with Crippen LogP contribution in [0.2, 0.25) is 0 Å². The van der Waals surface area contributed by atoms with Gasteiger partial charge in [-0.1, -0.05) is 6.07 Å². The zero-order valence-electron chi connectivity index (χ0n) is 13.9. The number of amides is 2. The Labute approximate surface area is 141 Å². The van der Waals surface area contributed by atoms with Crippen LogP contribution in [0.3, 0.4) is 0 Å². The van der Waals surface area contributed by atoms with E-state index in [0.29, 0.717) is 26.3 Å². The molecule has 7 heteroatoms. The molecule has 1 atom stereocenters. The van der Waals surface area contributed by atoms with Crippen LogP contribution in [0.25, 0.3) is 0 Å². The average molecular weight is 330 g/mol. The molecular weight excluding hydrogens is 308 g/mol. The zero-order chi connectivity index (χ0) is 16.9.